The van der Waals surface area contributed by atoms with Crippen LogP contribution in [0.1, 0.15) is 24.1 Å². The lowest BCUT2D eigenvalue weighted by Crippen LogP contribution is -2.53. The Morgan fingerprint density at radius 3 is 2.03 bits per heavy atom. The van der Waals surface area contributed by atoms with Crippen molar-refractivity contribution in [3.05, 3.63) is 83.9 Å². The van der Waals surface area contributed by atoms with E-state index >= 15 is 0 Å². The van der Waals surface area contributed by atoms with E-state index in [4.69, 9.17) is 17.0 Å². The molecule has 0 aromatic heterocycles. The van der Waals surface area contributed by atoms with Crippen molar-refractivity contribution in [2.75, 3.05) is 32.8 Å². The number of nitrogens with one attached hydrogen (secondary N) is 1. The van der Waals surface area contributed by atoms with Crippen LogP contribution < -0.4 is 5.32 Å². The second-order valence-corrected chi connectivity index (χ2v) is 7.51. The van der Waals surface area contributed by atoms with Crippen LogP contribution in [0.15, 0.2) is 72.8 Å². The molecule has 1 aliphatic heterocycles. The van der Waals surface area contributed by atoms with E-state index in [0.717, 1.165) is 25.2 Å². The first-order chi connectivity index (χ1) is 15.1. The Hall–Kier alpha value is -3.03. The van der Waals surface area contributed by atoms with Gasteiger partial charge in [0.05, 0.1) is 12.6 Å². The summed E-state index contributed by atoms with van der Waals surface area (Å²) in [6.07, 6.45) is 2.24. The van der Waals surface area contributed by atoms with Crippen molar-refractivity contribution in [1.82, 2.24) is 15.1 Å². The highest BCUT2D eigenvalue weighted by Gasteiger charge is 2.27. The molecule has 31 heavy (non-hydrogen) atoms. The number of amides is 1. The molecular formula is C24H27N3O3S. The first-order valence-electron chi connectivity index (χ1n) is 10.4. The maximum atomic E-state index is 12.0. The average molecular weight is 438 g/mol. The van der Waals surface area contributed by atoms with Gasteiger partial charge in [-0.25, -0.2) is 4.79 Å². The maximum Gasteiger partial charge on any atom is 0.330 e. The molecule has 1 saturated heterocycles. The van der Waals surface area contributed by atoms with E-state index in [0.29, 0.717) is 18.2 Å². The lowest BCUT2D eigenvalue weighted by Gasteiger charge is -2.40. The molecular weight excluding hydrogens is 410 g/mol. The first kappa shape index (κ1) is 22.7. The Balaban J connectivity index is 1.60. The molecule has 1 amide bonds. The molecule has 1 aliphatic rings. The average Bonchev–Trinajstić information content (AvgIpc) is 2.80. The number of nitrogens with zero attached hydrogens (tertiary/aromatic N) is 2. The fourth-order valence-corrected chi connectivity index (χ4v) is 3.91. The van der Waals surface area contributed by atoms with E-state index in [-0.39, 0.29) is 12.6 Å². The van der Waals surface area contributed by atoms with Gasteiger partial charge in [-0.15, -0.1) is 0 Å². The van der Waals surface area contributed by atoms with Gasteiger partial charge in [-0.1, -0.05) is 60.7 Å². The van der Waals surface area contributed by atoms with E-state index in [1.807, 2.05) is 17.0 Å². The van der Waals surface area contributed by atoms with E-state index < -0.39 is 11.9 Å². The van der Waals surface area contributed by atoms with E-state index in [9.17, 15) is 9.59 Å². The Kier molecular flexibility index (Phi) is 8.32. The molecule has 3 rings (SSSR count). The number of hydrogen-bond acceptors (Lipinski definition) is 5. The minimum atomic E-state index is -0.551. The van der Waals surface area contributed by atoms with Crippen LogP contribution in [0.5, 0.6) is 0 Å². The summed E-state index contributed by atoms with van der Waals surface area (Å²) in [4.78, 5) is 27.8. The third-order valence-corrected chi connectivity index (χ3v) is 5.45. The van der Waals surface area contributed by atoms with E-state index in [2.05, 4.69) is 58.7 Å². The minimum Gasteiger partial charge on any atom is -0.463 e. The molecule has 162 valence electrons. The molecule has 0 spiro atoms. The van der Waals surface area contributed by atoms with Crippen LogP contribution >= 0.6 is 12.2 Å². The van der Waals surface area contributed by atoms with Gasteiger partial charge in [-0.3, -0.25) is 15.0 Å². The highest BCUT2D eigenvalue weighted by atomic mass is 32.1. The Bertz CT molecular complexity index is 871. The third-order valence-electron chi connectivity index (χ3n) is 5.08. The van der Waals surface area contributed by atoms with Crippen molar-refractivity contribution in [2.45, 2.75) is 13.0 Å². The Labute approximate surface area is 188 Å². The van der Waals surface area contributed by atoms with Gasteiger partial charge in [0, 0.05) is 38.3 Å². The van der Waals surface area contributed by atoms with Gasteiger partial charge in [-0.2, -0.15) is 0 Å². The van der Waals surface area contributed by atoms with Crippen molar-refractivity contribution in [2.24, 2.45) is 0 Å². The van der Waals surface area contributed by atoms with Crippen molar-refractivity contribution in [3.8, 4) is 0 Å². The van der Waals surface area contributed by atoms with Crippen LogP contribution in [0, 0.1) is 0 Å². The molecule has 1 fully saturated rings. The predicted molar refractivity (Wildman–Crippen MR) is 124 cm³/mol. The number of carbonyl (C=O) groups is 2. The van der Waals surface area contributed by atoms with Gasteiger partial charge in [0.25, 0.3) is 0 Å². The largest absolute Gasteiger partial charge is 0.463 e. The van der Waals surface area contributed by atoms with Gasteiger partial charge in [-0.05, 0) is 30.3 Å². The van der Waals surface area contributed by atoms with E-state index in [1.165, 1.54) is 11.1 Å². The Morgan fingerprint density at radius 2 is 1.52 bits per heavy atom. The molecule has 1 N–H and O–H groups in total. The summed E-state index contributed by atoms with van der Waals surface area (Å²) in [5.74, 6) is -0.989. The number of rotatable bonds is 6. The molecule has 0 radical (unpaired) electrons. The quantitative estimate of drug-likeness (QED) is 0.426. The van der Waals surface area contributed by atoms with Crippen LogP contribution in [0.25, 0.3) is 0 Å². The number of esters is 1. The zero-order chi connectivity index (χ0) is 22.1. The monoisotopic (exact) mass is 437 g/mol. The highest BCUT2D eigenvalue weighted by Crippen LogP contribution is 2.29. The minimum absolute atomic E-state index is 0.167. The molecule has 6 nitrogen and oxygen atoms in total. The van der Waals surface area contributed by atoms with Gasteiger partial charge >= 0.3 is 5.97 Å². The summed E-state index contributed by atoms with van der Waals surface area (Å²) in [6.45, 7) is 5.00. The number of thiocarbonyl (C=S) groups is 1. The van der Waals surface area contributed by atoms with Crippen molar-refractivity contribution in [1.29, 1.82) is 0 Å². The number of piperazine rings is 1. The van der Waals surface area contributed by atoms with Crippen molar-refractivity contribution in [3.63, 3.8) is 0 Å². The zero-order valence-electron chi connectivity index (χ0n) is 17.6. The molecule has 7 heteroatoms. The third kappa shape index (κ3) is 6.47. The van der Waals surface area contributed by atoms with Crippen LogP contribution in [0.4, 0.5) is 0 Å². The van der Waals surface area contributed by atoms with Gasteiger partial charge < -0.3 is 9.64 Å². The lowest BCUT2D eigenvalue weighted by molar-refractivity contribution is -0.137. The fraction of sp³-hybridized carbons (Fsp3) is 0.292. The first-order valence-corrected chi connectivity index (χ1v) is 10.8. The Morgan fingerprint density at radius 1 is 0.968 bits per heavy atom. The summed E-state index contributed by atoms with van der Waals surface area (Å²) in [5, 5.41) is 3.03. The number of hydrogen-bond donors (Lipinski definition) is 1. The molecule has 0 saturated carbocycles. The molecule has 2 aromatic carbocycles. The molecule has 1 heterocycles. The number of carbonyl (C=O) groups excluding carboxylic acids is 2. The SMILES string of the molecule is CCOC(=O)C=CC(=O)NC(=S)N1CCN(C(c2ccccc2)c2ccccc2)CC1. The van der Waals surface area contributed by atoms with Crippen molar-refractivity contribution < 1.29 is 14.3 Å². The maximum absolute atomic E-state index is 12.0. The second-order valence-electron chi connectivity index (χ2n) is 7.13. The summed E-state index contributed by atoms with van der Waals surface area (Å²) in [6, 6.07) is 21.1. The van der Waals surface area contributed by atoms with Crippen LogP contribution in [-0.4, -0.2) is 59.6 Å². The predicted octanol–water partition coefficient (Wildman–Crippen LogP) is 2.91. The summed E-state index contributed by atoms with van der Waals surface area (Å²) in [5.41, 5.74) is 2.50. The van der Waals surface area contributed by atoms with Crippen LogP contribution in [-0.2, 0) is 14.3 Å². The zero-order valence-corrected chi connectivity index (χ0v) is 18.4. The molecule has 0 unspecified atom stereocenters. The molecule has 0 aliphatic carbocycles. The number of benzene rings is 2. The smallest absolute Gasteiger partial charge is 0.330 e. The number of ether oxygens (including phenoxy) is 1. The normalized spacial score (nSPS) is 14.6. The van der Waals surface area contributed by atoms with Gasteiger partial charge in [0.15, 0.2) is 5.11 Å². The molecule has 2 aromatic rings. The second kappa shape index (κ2) is 11.4. The van der Waals surface area contributed by atoms with Crippen LogP contribution in [0.3, 0.4) is 0 Å². The van der Waals surface area contributed by atoms with E-state index in [1.54, 1.807) is 6.92 Å². The lowest BCUT2D eigenvalue weighted by atomic mass is 9.96. The molecule has 0 atom stereocenters. The summed E-state index contributed by atoms with van der Waals surface area (Å²) in [7, 11) is 0. The standard InChI is InChI=1S/C24H27N3O3S/c1-2-30-22(29)14-13-21(28)25-24(31)27-17-15-26(16-18-27)23(19-9-5-3-6-10-19)20-11-7-4-8-12-20/h3-14,23H,2,15-18H2,1H3,(H,25,28,31). The van der Waals surface area contributed by atoms with Crippen LogP contribution in [0.2, 0.25) is 0 Å². The summed E-state index contributed by atoms with van der Waals surface area (Å²) < 4.78 is 4.77. The molecule has 0 bridgehead atoms. The fourth-order valence-electron chi connectivity index (χ4n) is 3.63. The topological polar surface area (TPSA) is 61.9 Å². The highest BCUT2D eigenvalue weighted by molar-refractivity contribution is 7.80. The van der Waals surface area contributed by atoms with Crippen molar-refractivity contribution >= 4 is 29.2 Å². The summed E-state index contributed by atoms with van der Waals surface area (Å²) >= 11 is 5.40. The van der Waals surface area contributed by atoms with Gasteiger partial charge in [0.2, 0.25) is 5.91 Å². The van der Waals surface area contributed by atoms with Gasteiger partial charge in [0.1, 0.15) is 0 Å².